The van der Waals surface area contributed by atoms with Crippen molar-refractivity contribution in [1.82, 2.24) is 5.43 Å². The van der Waals surface area contributed by atoms with Crippen molar-refractivity contribution < 1.29 is 4.79 Å². The van der Waals surface area contributed by atoms with Crippen LogP contribution in [-0.2, 0) is 4.79 Å². The minimum atomic E-state index is 0.0238. The van der Waals surface area contributed by atoms with Gasteiger partial charge in [0.25, 0.3) is 0 Å². The lowest BCUT2D eigenvalue weighted by molar-refractivity contribution is -0.122. The first kappa shape index (κ1) is 14.5. The average molecular weight is 292 g/mol. The SMILES string of the molecule is CCC(=NNC(=O)[C@H]1C[C@@H]1c1ccccc1)c1ccccc1. The molecule has 1 N–H and O–H groups in total. The maximum atomic E-state index is 12.2. The Morgan fingerprint density at radius 1 is 1.09 bits per heavy atom. The maximum absolute atomic E-state index is 12.2. The number of benzene rings is 2. The quantitative estimate of drug-likeness (QED) is 0.662. The molecule has 0 bridgehead atoms. The first-order valence-electron chi connectivity index (χ1n) is 7.76. The molecule has 3 nitrogen and oxygen atoms in total. The van der Waals surface area contributed by atoms with E-state index >= 15 is 0 Å². The molecule has 0 radical (unpaired) electrons. The molecule has 112 valence electrons. The van der Waals surface area contributed by atoms with Crippen LogP contribution in [0.25, 0.3) is 0 Å². The summed E-state index contributed by atoms with van der Waals surface area (Å²) in [5.41, 5.74) is 5.95. The molecule has 2 aromatic carbocycles. The summed E-state index contributed by atoms with van der Waals surface area (Å²) in [6.45, 7) is 2.04. The summed E-state index contributed by atoms with van der Waals surface area (Å²) in [6.07, 6.45) is 1.70. The number of hydrogen-bond donors (Lipinski definition) is 1. The Bertz CT molecular complexity index is 664. The molecule has 1 amide bonds. The lowest BCUT2D eigenvalue weighted by Gasteiger charge is -2.05. The molecule has 3 rings (SSSR count). The first-order chi connectivity index (χ1) is 10.8. The Balaban J connectivity index is 1.62. The summed E-state index contributed by atoms with van der Waals surface area (Å²) in [4.78, 5) is 12.2. The maximum Gasteiger partial charge on any atom is 0.243 e. The van der Waals surface area contributed by atoms with Gasteiger partial charge in [-0.3, -0.25) is 4.79 Å². The van der Waals surface area contributed by atoms with E-state index in [1.807, 2.05) is 55.5 Å². The predicted molar refractivity (Wildman–Crippen MR) is 88.7 cm³/mol. The zero-order valence-corrected chi connectivity index (χ0v) is 12.7. The molecule has 1 aliphatic carbocycles. The van der Waals surface area contributed by atoms with E-state index in [9.17, 15) is 4.79 Å². The molecule has 1 saturated carbocycles. The molecule has 0 spiro atoms. The molecule has 0 aliphatic heterocycles. The van der Waals surface area contributed by atoms with Gasteiger partial charge in [0.15, 0.2) is 0 Å². The van der Waals surface area contributed by atoms with Crippen molar-refractivity contribution in [2.24, 2.45) is 11.0 Å². The van der Waals surface area contributed by atoms with E-state index in [2.05, 4.69) is 22.7 Å². The highest BCUT2D eigenvalue weighted by molar-refractivity contribution is 6.01. The van der Waals surface area contributed by atoms with Gasteiger partial charge >= 0.3 is 0 Å². The van der Waals surface area contributed by atoms with Gasteiger partial charge in [0.2, 0.25) is 5.91 Å². The fourth-order valence-corrected chi connectivity index (χ4v) is 2.74. The Hall–Kier alpha value is -2.42. The van der Waals surface area contributed by atoms with Gasteiger partial charge < -0.3 is 0 Å². The fourth-order valence-electron chi connectivity index (χ4n) is 2.74. The highest BCUT2D eigenvalue weighted by Gasteiger charge is 2.43. The van der Waals surface area contributed by atoms with Crippen LogP contribution in [0.1, 0.15) is 36.8 Å². The number of carbonyl (C=O) groups excluding carboxylic acids is 1. The number of nitrogens with zero attached hydrogens (tertiary/aromatic N) is 1. The van der Waals surface area contributed by atoms with Crippen LogP contribution in [0.2, 0.25) is 0 Å². The topological polar surface area (TPSA) is 41.5 Å². The number of carbonyl (C=O) groups is 1. The summed E-state index contributed by atoms with van der Waals surface area (Å²) in [5.74, 6) is 0.425. The van der Waals surface area contributed by atoms with Crippen LogP contribution in [0, 0.1) is 5.92 Å². The van der Waals surface area contributed by atoms with E-state index in [1.165, 1.54) is 5.56 Å². The highest BCUT2D eigenvalue weighted by Crippen LogP contribution is 2.47. The normalized spacial score (nSPS) is 20.5. The third-order valence-corrected chi connectivity index (χ3v) is 4.10. The second-order valence-corrected chi connectivity index (χ2v) is 5.61. The minimum Gasteiger partial charge on any atom is -0.273 e. The van der Waals surface area contributed by atoms with Crippen LogP contribution in [0.5, 0.6) is 0 Å². The van der Waals surface area contributed by atoms with Crippen molar-refractivity contribution >= 4 is 11.6 Å². The van der Waals surface area contributed by atoms with Gasteiger partial charge in [0, 0.05) is 5.92 Å². The van der Waals surface area contributed by atoms with Crippen LogP contribution in [0.4, 0.5) is 0 Å². The van der Waals surface area contributed by atoms with Gasteiger partial charge in [-0.25, -0.2) is 5.43 Å². The minimum absolute atomic E-state index is 0.0238. The van der Waals surface area contributed by atoms with Gasteiger partial charge in [-0.15, -0.1) is 0 Å². The lowest BCUT2D eigenvalue weighted by atomic mass is 10.1. The van der Waals surface area contributed by atoms with Crippen molar-refractivity contribution in [3.63, 3.8) is 0 Å². The third-order valence-electron chi connectivity index (χ3n) is 4.10. The number of rotatable bonds is 5. The largest absolute Gasteiger partial charge is 0.273 e. The Labute approximate surface area is 131 Å². The molecular formula is C19H20N2O. The van der Waals surface area contributed by atoms with Crippen molar-refractivity contribution in [2.45, 2.75) is 25.7 Å². The number of hydrazone groups is 1. The van der Waals surface area contributed by atoms with Crippen molar-refractivity contribution in [3.05, 3.63) is 71.8 Å². The fraction of sp³-hybridized carbons (Fsp3) is 0.263. The van der Waals surface area contributed by atoms with E-state index in [0.717, 1.165) is 24.1 Å². The van der Waals surface area contributed by atoms with Crippen LogP contribution >= 0.6 is 0 Å². The predicted octanol–water partition coefficient (Wildman–Crippen LogP) is 3.72. The summed E-state index contributed by atoms with van der Waals surface area (Å²) >= 11 is 0. The number of hydrogen-bond acceptors (Lipinski definition) is 2. The third kappa shape index (κ3) is 3.25. The average Bonchev–Trinajstić information content (AvgIpc) is 3.38. The molecule has 22 heavy (non-hydrogen) atoms. The monoisotopic (exact) mass is 292 g/mol. The van der Waals surface area contributed by atoms with Crippen LogP contribution in [-0.4, -0.2) is 11.6 Å². The van der Waals surface area contributed by atoms with Gasteiger partial charge in [0.1, 0.15) is 0 Å². The summed E-state index contributed by atoms with van der Waals surface area (Å²) < 4.78 is 0. The van der Waals surface area contributed by atoms with Crippen molar-refractivity contribution in [1.29, 1.82) is 0 Å². The van der Waals surface area contributed by atoms with E-state index < -0.39 is 0 Å². The van der Waals surface area contributed by atoms with Gasteiger partial charge in [0.05, 0.1) is 5.71 Å². The van der Waals surface area contributed by atoms with Gasteiger partial charge in [-0.1, -0.05) is 67.6 Å². The Morgan fingerprint density at radius 3 is 2.36 bits per heavy atom. The van der Waals surface area contributed by atoms with E-state index in [1.54, 1.807) is 0 Å². The summed E-state index contributed by atoms with van der Waals surface area (Å²) in [6, 6.07) is 20.2. The summed E-state index contributed by atoms with van der Waals surface area (Å²) in [7, 11) is 0. The molecule has 3 heteroatoms. The second kappa shape index (κ2) is 6.56. The first-order valence-corrected chi connectivity index (χ1v) is 7.76. The second-order valence-electron chi connectivity index (χ2n) is 5.61. The molecule has 0 unspecified atom stereocenters. The zero-order valence-electron chi connectivity index (χ0n) is 12.7. The standard InChI is InChI=1S/C19H20N2O/c1-2-18(15-11-7-4-8-12-15)20-21-19(22)17-13-16(17)14-9-5-3-6-10-14/h3-12,16-17H,2,13H2,1H3,(H,21,22)/t16-,17+/m1/s1. The van der Waals surface area contributed by atoms with E-state index in [-0.39, 0.29) is 11.8 Å². The molecule has 0 saturated heterocycles. The molecular weight excluding hydrogens is 272 g/mol. The smallest absolute Gasteiger partial charge is 0.243 e. The Kier molecular flexibility index (Phi) is 4.33. The molecule has 0 heterocycles. The lowest BCUT2D eigenvalue weighted by Crippen LogP contribution is -2.22. The van der Waals surface area contributed by atoms with Crippen molar-refractivity contribution in [2.75, 3.05) is 0 Å². The number of amides is 1. The molecule has 1 aliphatic rings. The van der Waals surface area contributed by atoms with Gasteiger partial charge in [-0.2, -0.15) is 5.10 Å². The van der Waals surface area contributed by atoms with E-state index in [4.69, 9.17) is 0 Å². The van der Waals surface area contributed by atoms with Crippen LogP contribution in [0.3, 0.4) is 0 Å². The molecule has 0 aromatic heterocycles. The molecule has 2 atom stereocenters. The van der Waals surface area contributed by atoms with E-state index in [0.29, 0.717) is 5.92 Å². The van der Waals surface area contributed by atoms with Gasteiger partial charge in [-0.05, 0) is 29.9 Å². The summed E-state index contributed by atoms with van der Waals surface area (Å²) in [5, 5.41) is 4.32. The number of nitrogens with one attached hydrogen (secondary N) is 1. The molecule has 2 aromatic rings. The highest BCUT2D eigenvalue weighted by atomic mass is 16.2. The zero-order chi connectivity index (χ0) is 15.4. The molecule has 1 fully saturated rings. The Morgan fingerprint density at radius 2 is 1.73 bits per heavy atom. The van der Waals surface area contributed by atoms with Crippen molar-refractivity contribution in [3.8, 4) is 0 Å². The van der Waals surface area contributed by atoms with Crippen LogP contribution < -0.4 is 5.43 Å². The van der Waals surface area contributed by atoms with Crippen LogP contribution in [0.15, 0.2) is 65.8 Å².